The molecule has 0 saturated heterocycles. The van der Waals surface area contributed by atoms with Gasteiger partial charge in [-0.25, -0.2) is 0 Å². The van der Waals surface area contributed by atoms with Gasteiger partial charge in [0.25, 0.3) is 0 Å². The lowest BCUT2D eigenvalue weighted by atomic mass is 9.98. The molecule has 1 aliphatic rings. The molecule has 0 aromatic heterocycles. The number of rotatable bonds is 0. The first kappa shape index (κ1) is 12.4. The van der Waals surface area contributed by atoms with Crippen molar-refractivity contribution in [3.63, 3.8) is 0 Å². The third-order valence-electron chi connectivity index (χ3n) is 2.96. The molecular formula is C12H20O3. The zero-order valence-electron chi connectivity index (χ0n) is 9.21. The van der Waals surface area contributed by atoms with Gasteiger partial charge >= 0.3 is 0 Å². The molecule has 1 aliphatic carbocycles. The molecule has 0 aromatic carbocycles. The van der Waals surface area contributed by atoms with E-state index in [0.29, 0.717) is 12.8 Å². The van der Waals surface area contributed by atoms with Crippen LogP contribution in [0, 0.1) is 0 Å². The van der Waals surface area contributed by atoms with Crippen molar-refractivity contribution in [1.82, 2.24) is 0 Å². The SMILES string of the molecule is O=C1CCCCCCCCCC(O)C1=O. The summed E-state index contributed by atoms with van der Waals surface area (Å²) in [5.41, 5.74) is 0. The minimum Gasteiger partial charge on any atom is -0.385 e. The first-order valence-corrected chi connectivity index (χ1v) is 5.97. The summed E-state index contributed by atoms with van der Waals surface area (Å²) in [5, 5.41) is 9.46. The van der Waals surface area contributed by atoms with Crippen molar-refractivity contribution in [2.75, 3.05) is 0 Å². The lowest BCUT2D eigenvalue weighted by molar-refractivity contribution is -0.141. The molecule has 0 amide bonds. The average molecular weight is 212 g/mol. The Morgan fingerprint density at radius 2 is 1.40 bits per heavy atom. The second-order valence-corrected chi connectivity index (χ2v) is 4.32. The van der Waals surface area contributed by atoms with Crippen LogP contribution in [0.1, 0.15) is 57.8 Å². The van der Waals surface area contributed by atoms with Gasteiger partial charge in [-0.15, -0.1) is 0 Å². The number of carbonyl (C=O) groups excluding carboxylic acids is 2. The number of carbonyl (C=O) groups is 2. The summed E-state index contributed by atoms with van der Waals surface area (Å²) in [6.07, 6.45) is 6.97. The van der Waals surface area contributed by atoms with Crippen LogP contribution in [0.5, 0.6) is 0 Å². The Morgan fingerprint density at radius 1 is 0.867 bits per heavy atom. The van der Waals surface area contributed by atoms with Gasteiger partial charge in [0.05, 0.1) is 0 Å². The van der Waals surface area contributed by atoms with Gasteiger partial charge in [-0.3, -0.25) is 9.59 Å². The summed E-state index contributed by atoms with van der Waals surface area (Å²) >= 11 is 0. The predicted octanol–water partition coefficient (Wildman–Crippen LogP) is 2.01. The molecule has 15 heavy (non-hydrogen) atoms. The van der Waals surface area contributed by atoms with Crippen LogP contribution in [-0.2, 0) is 9.59 Å². The first-order valence-electron chi connectivity index (χ1n) is 5.97. The molecule has 0 bridgehead atoms. The van der Waals surface area contributed by atoms with Gasteiger partial charge in [-0.2, -0.15) is 0 Å². The van der Waals surface area contributed by atoms with E-state index in [1.54, 1.807) is 0 Å². The van der Waals surface area contributed by atoms with E-state index < -0.39 is 11.9 Å². The molecule has 1 atom stereocenters. The van der Waals surface area contributed by atoms with Gasteiger partial charge in [0.2, 0.25) is 11.6 Å². The van der Waals surface area contributed by atoms with Crippen LogP contribution >= 0.6 is 0 Å². The zero-order chi connectivity index (χ0) is 11.1. The van der Waals surface area contributed by atoms with Crippen LogP contribution in [-0.4, -0.2) is 22.8 Å². The molecule has 1 N–H and O–H groups in total. The van der Waals surface area contributed by atoms with Gasteiger partial charge in [0.1, 0.15) is 6.10 Å². The molecule has 3 nitrogen and oxygen atoms in total. The van der Waals surface area contributed by atoms with E-state index in [4.69, 9.17) is 0 Å². The quantitative estimate of drug-likeness (QED) is 0.625. The number of aliphatic hydroxyl groups excluding tert-OH is 1. The summed E-state index contributed by atoms with van der Waals surface area (Å²) in [6, 6.07) is 0. The second-order valence-electron chi connectivity index (χ2n) is 4.32. The lowest BCUT2D eigenvalue weighted by Gasteiger charge is -2.10. The Balaban J connectivity index is 2.44. The minimum atomic E-state index is -1.04. The Morgan fingerprint density at radius 3 is 2.07 bits per heavy atom. The van der Waals surface area contributed by atoms with E-state index in [2.05, 4.69) is 0 Å². The Hall–Kier alpha value is -0.700. The molecular weight excluding hydrogens is 192 g/mol. The maximum absolute atomic E-state index is 11.4. The molecule has 1 saturated carbocycles. The van der Waals surface area contributed by atoms with Crippen molar-refractivity contribution in [3.8, 4) is 0 Å². The van der Waals surface area contributed by atoms with Crippen molar-refractivity contribution in [2.45, 2.75) is 63.9 Å². The van der Waals surface area contributed by atoms with Crippen LogP contribution in [0.2, 0.25) is 0 Å². The van der Waals surface area contributed by atoms with Crippen molar-refractivity contribution < 1.29 is 14.7 Å². The van der Waals surface area contributed by atoms with Crippen molar-refractivity contribution in [1.29, 1.82) is 0 Å². The standard InChI is InChI=1S/C12H20O3/c13-10-8-6-4-2-1-3-5-7-9-11(14)12(10)15/h10,13H,1-9H2. The van der Waals surface area contributed by atoms with Crippen molar-refractivity contribution >= 4 is 11.6 Å². The molecule has 86 valence electrons. The average Bonchev–Trinajstić information content (AvgIpc) is 2.23. The first-order chi connectivity index (χ1) is 7.22. The van der Waals surface area contributed by atoms with Crippen LogP contribution in [0.15, 0.2) is 0 Å². The normalized spacial score (nSPS) is 26.9. The number of ketones is 2. The van der Waals surface area contributed by atoms with Crippen molar-refractivity contribution in [3.05, 3.63) is 0 Å². The third kappa shape index (κ3) is 4.56. The molecule has 1 rings (SSSR count). The van der Waals surface area contributed by atoms with Gasteiger partial charge in [0, 0.05) is 6.42 Å². The number of aliphatic hydroxyl groups is 1. The predicted molar refractivity (Wildman–Crippen MR) is 57.6 cm³/mol. The number of hydrogen-bond acceptors (Lipinski definition) is 3. The van der Waals surface area contributed by atoms with Gasteiger partial charge in [-0.05, 0) is 12.8 Å². The summed E-state index contributed by atoms with van der Waals surface area (Å²) in [7, 11) is 0. The van der Waals surface area contributed by atoms with Crippen LogP contribution in [0.25, 0.3) is 0 Å². The summed E-state index contributed by atoms with van der Waals surface area (Å²) in [6.45, 7) is 0. The molecule has 0 heterocycles. The van der Waals surface area contributed by atoms with Crippen LogP contribution < -0.4 is 0 Å². The smallest absolute Gasteiger partial charge is 0.226 e. The topological polar surface area (TPSA) is 54.4 Å². The highest BCUT2D eigenvalue weighted by Gasteiger charge is 2.22. The van der Waals surface area contributed by atoms with E-state index in [1.165, 1.54) is 12.8 Å². The molecule has 1 unspecified atom stereocenters. The van der Waals surface area contributed by atoms with E-state index in [1.807, 2.05) is 0 Å². The van der Waals surface area contributed by atoms with E-state index in [9.17, 15) is 14.7 Å². The lowest BCUT2D eigenvalue weighted by Crippen LogP contribution is -2.28. The third-order valence-corrected chi connectivity index (χ3v) is 2.96. The van der Waals surface area contributed by atoms with Crippen LogP contribution in [0.4, 0.5) is 0 Å². The maximum Gasteiger partial charge on any atom is 0.226 e. The van der Waals surface area contributed by atoms with Gasteiger partial charge in [-0.1, -0.05) is 38.5 Å². The Kier molecular flexibility index (Phi) is 5.54. The largest absolute Gasteiger partial charge is 0.385 e. The monoisotopic (exact) mass is 212 g/mol. The minimum absolute atomic E-state index is 0.315. The number of Topliss-reactive ketones (excluding diaryl/α,β-unsaturated/α-hetero) is 2. The molecule has 0 aliphatic heterocycles. The summed E-state index contributed by atoms with van der Waals surface area (Å²) < 4.78 is 0. The molecule has 1 fully saturated rings. The van der Waals surface area contributed by atoms with Crippen molar-refractivity contribution in [2.24, 2.45) is 0 Å². The molecule has 0 aromatic rings. The van der Waals surface area contributed by atoms with Gasteiger partial charge < -0.3 is 5.11 Å². The highest BCUT2D eigenvalue weighted by Crippen LogP contribution is 2.13. The fourth-order valence-corrected chi connectivity index (χ4v) is 1.95. The summed E-state index contributed by atoms with van der Waals surface area (Å²) in [4.78, 5) is 22.7. The zero-order valence-corrected chi connectivity index (χ0v) is 9.21. The second kappa shape index (κ2) is 6.72. The van der Waals surface area contributed by atoms with Gasteiger partial charge in [0.15, 0.2) is 0 Å². The molecule has 0 spiro atoms. The van der Waals surface area contributed by atoms with E-state index >= 15 is 0 Å². The maximum atomic E-state index is 11.4. The Bertz CT molecular complexity index is 223. The fraction of sp³-hybridized carbons (Fsp3) is 0.833. The summed E-state index contributed by atoms with van der Waals surface area (Å²) in [5.74, 6) is -0.960. The van der Waals surface area contributed by atoms with Crippen LogP contribution in [0.3, 0.4) is 0 Å². The van der Waals surface area contributed by atoms with E-state index in [-0.39, 0.29) is 5.78 Å². The highest BCUT2D eigenvalue weighted by atomic mass is 16.3. The Labute approximate surface area is 90.9 Å². The fourth-order valence-electron chi connectivity index (χ4n) is 1.95. The molecule has 0 radical (unpaired) electrons. The number of hydrogen-bond donors (Lipinski definition) is 1. The molecule has 3 heteroatoms. The highest BCUT2D eigenvalue weighted by molar-refractivity contribution is 6.38. The van der Waals surface area contributed by atoms with E-state index in [0.717, 1.165) is 32.1 Å².